The van der Waals surface area contributed by atoms with Crippen molar-refractivity contribution in [2.24, 2.45) is 10.9 Å². The lowest BCUT2D eigenvalue weighted by atomic mass is 10.2. The second-order valence-corrected chi connectivity index (χ2v) is 8.97. The van der Waals surface area contributed by atoms with Crippen LogP contribution in [0.2, 0.25) is 0 Å². The van der Waals surface area contributed by atoms with E-state index < -0.39 is 0 Å². The number of aliphatic imine (C=N–C) groups is 1. The number of aromatic nitrogens is 1. The first-order chi connectivity index (χ1) is 15.0. The van der Waals surface area contributed by atoms with Gasteiger partial charge in [-0.15, -0.1) is 0 Å². The lowest BCUT2D eigenvalue weighted by molar-refractivity contribution is -0.0262. The van der Waals surface area contributed by atoms with Crippen LogP contribution in [0.25, 0.3) is 0 Å². The topological polar surface area (TPSA) is 65.5 Å². The van der Waals surface area contributed by atoms with Crippen LogP contribution in [0.5, 0.6) is 0 Å². The van der Waals surface area contributed by atoms with E-state index in [-0.39, 0.29) is 12.1 Å². The van der Waals surface area contributed by atoms with Crippen molar-refractivity contribution in [3.8, 4) is 0 Å². The number of hydrogen-bond donors (Lipinski definition) is 1. The minimum absolute atomic E-state index is 0.150. The van der Waals surface area contributed by atoms with Gasteiger partial charge in [0.15, 0.2) is 5.96 Å². The molecule has 1 N–H and O–H groups in total. The molecule has 3 heterocycles. The zero-order valence-electron chi connectivity index (χ0n) is 19.7. The molecule has 0 saturated carbocycles. The van der Waals surface area contributed by atoms with Crippen LogP contribution in [-0.4, -0.2) is 106 Å². The molecule has 2 saturated heterocycles. The summed E-state index contributed by atoms with van der Waals surface area (Å²) in [6.45, 7) is 15.6. The number of morpholine rings is 1. The fourth-order valence-electron chi connectivity index (χ4n) is 4.20. The number of pyridine rings is 1. The first-order valence-corrected chi connectivity index (χ1v) is 11.6. The zero-order chi connectivity index (χ0) is 22.1. The molecule has 31 heavy (non-hydrogen) atoms. The van der Waals surface area contributed by atoms with Crippen molar-refractivity contribution in [1.82, 2.24) is 20.1 Å². The summed E-state index contributed by atoms with van der Waals surface area (Å²) in [4.78, 5) is 16.7. The summed E-state index contributed by atoms with van der Waals surface area (Å²) in [5, 5.41) is 3.57. The highest BCUT2D eigenvalue weighted by Crippen LogP contribution is 2.13. The monoisotopic (exact) mass is 432 g/mol. The third kappa shape index (κ3) is 7.63. The fourth-order valence-corrected chi connectivity index (χ4v) is 4.20. The molecule has 0 amide bonds. The Bertz CT molecular complexity index is 663. The Labute approximate surface area is 187 Å². The molecule has 2 atom stereocenters. The van der Waals surface area contributed by atoms with Crippen LogP contribution in [0.3, 0.4) is 0 Å². The minimum Gasteiger partial charge on any atom is -0.383 e. The van der Waals surface area contributed by atoms with Crippen LogP contribution in [-0.2, 0) is 9.47 Å². The molecule has 0 radical (unpaired) electrons. The van der Waals surface area contributed by atoms with E-state index in [2.05, 4.69) is 51.8 Å². The van der Waals surface area contributed by atoms with Crippen molar-refractivity contribution in [3.63, 3.8) is 0 Å². The molecule has 2 unspecified atom stereocenters. The van der Waals surface area contributed by atoms with Crippen molar-refractivity contribution in [3.05, 3.63) is 24.4 Å². The van der Waals surface area contributed by atoms with E-state index in [0.717, 1.165) is 64.2 Å². The van der Waals surface area contributed by atoms with Crippen molar-refractivity contribution in [2.75, 3.05) is 77.6 Å². The number of rotatable bonds is 8. The van der Waals surface area contributed by atoms with E-state index in [9.17, 15) is 0 Å². The molecule has 2 fully saturated rings. The van der Waals surface area contributed by atoms with Gasteiger partial charge in [0, 0.05) is 65.2 Å². The lowest BCUT2D eigenvalue weighted by Crippen LogP contribution is -2.55. The van der Waals surface area contributed by atoms with E-state index in [1.165, 1.54) is 0 Å². The highest BCUT2D eigenvalue weighted by molar-refractivity contribution is 5.80. The van der Waals surface area contributed by atoms with Gasteiger partial charge in [0.05, 0.1) is 25.9 Å². The molecule has 2 aliphatic rings. The average Bonchev–Trinajstić information content (AvgIpc) is 2.77. The molecule has 1 aromatic rings. The SMILES string of the molecule is COCC(C)NC(=NCC1CN(CC(C)C)CCO1)N1CCN(c2ccccn2)CC1. The largest absolute Gasteiger partial charge is 0.383 e. The predicted molar refractivity (Wildman–Crippen MR) is 126 cm³/mol. The van der Waals surface area contributed by atoms with Gasteiger partial charge >= 0.3 is 0 Å². The van der Waals surface area contributed by atoms with Gasteiger partial charge in [0.1, 0.15) is 5.82 Å². The maximum atomic E-state index is 6.02. The van der Waals surface area contributed by atoms with Gasteiger partial charge in [-0.3, -0.25) is 9.89 Å². The van der Waals surface area contributed by atoms with Crippen LogP contribution in [0.4, 0.5) is 5.82 Å². The van der Waals surface area contributed by atoms with Gasteiger partial charge in [0.2, 0.25) is 0 Å². The summed E-state index contributed by atoms with van der Waals surface area (Å²) in [5.41, 5.74) is 0. The smallest absolute Gasteiger partial charge is 0.194 e. The van der Waals surface area contributed by atoms with Gasteiger partial charge in [0.25, 0.3) is 0 Å². The number of piperazine rings is 1. The molecular formula is C23H40N6O2. The van der Waals surface area contributed by atoms with Crippen molar-refractivity contribution < 1.29 is 9.47 Å². The van der Waals surface area contributed by atoms with Crippen LogP contribution in [0.15, 0.2) is 29.4 Å². The van der Waals surface area contributed by atoms with E-state index in [4.69, 9.17) is 14.5 Å². The number of guanidine groups is 1. The molecule has 0 spiro atoms. The van der Waals surface area contributed by atoms with E-state index >= 15 is 0 Å². The Kier molecular flexibility index (Phi) is 9.36. The Morgan fingerprint density at radius 3 is 2.71 bits per heavy atom. The third-order valence-corrected chi connectivity index (χ3v) is 5.64. The summed E-state index contributed by atoms with van der Waals surface area (Å²) in [5.74, 6) is 2.67. The van der Waals surface area contributed by atoms with Crippen LogP contribution >= 0.6 is 0 Å². The van der Waals surface area contributed by atoms with Gasteiger partial charge < -0.3 is 24.6 Å². The normalized spacial score (nSPS) is 22.1. The second-order valence-electron chi connectivity index (χ2n) is 8.97. The Hall–Kier alpha value is -1.90. The number of methoxy groups -OCH3 is 1. The quantitative estimate of drug-likeness (QED) is 0.494. The van der Waals surface area contributed by atoms with Gasteiger partial charge in [-0.05, 0) is 25.0 Å². The second kappa shape index (κ2) is 12.2. The van der Waals surface area contributed by atoms with Gasteiger partial charge in [-0.25, -0.2) is 4.98 Å². The molecule has 174 valence electrons. The van der Waals surface area contributed by atoms with Crippen LogP contribution < -0.4 is 10.2 Å². The molecule has 0 aliphatic carbocycles. The van der Waals surface area contributed by atoms with Crippen LogP contribution in [0, 0.1) is 5.92 Å². The van der Waals surface area contributed by atoms with E-state index in [1.807, 2.05) is 18.3 Å². The van der Waals surface area contributed by atoms with Gasteiger partial charge in [-0.2, -0.15) is 0 Å². The number of anilines is 1. The molecule has 2 aliphatic heterocycles. The molecule has 8 heteroatoms. The van der Waals surface area contributed by atoms with Crippen molar-refractivity contribution in [2.45, 2.75) is 32.9 Å². The Balaban J connectivity index is 1.60. The highest BCUT2D eigenvalue weighted by Gasteiger charge is 2.24. The van der Waals surface area contributed by atoms with Gasteiger partial charge in [-0.1, -0.05) is 19.9 Å². The van der Waals surface area contributed by atoms with Crippen molar-refractivity contribution in [1.29, 1.82) is 0 Å². The lowest BCUT2D eigenvalue weighted by Gasteiger charge is -2.38. The third-order valence-electron chi connectivity index (χ3n) is 5.64. The summed E-state index contributed by atoms with van der Waals surface area (Å²) in [6.07, 6.45) is 2.01. The molecule has 8 nitrogen and oxygen atoms in total. The minimum atomic E-state index is 0.150. The Morgan fingerprint density at radius 2 is 2.03 bits per heavy atom. The maximum absolute atomic E-state index is 6.02. The number of nitrogens with one attached hydrogen (secondary N) is 1. The molecule has 0 aromatic carbocycles. The fraction of sp³-hybridized carbons (Fsp3) is 0.739. The zero-order valence-corrected chi connectivity index (χ0v) is 19.7. The average molecular weight is 433 g/mol. The first kappa shape index (κ1) is 23.8. The molecule has 0 bridgehead atoms. The van der Waals surface area contributed by atoms with Crippen molar-refractivity contribution >= 4 is 11.8 Å². The number of ether oxygens (including phenoxy) is 2. The summed E-state index contributed by atoms with van der Waals surface area (Å²) >= 11 is 0. The number of hydrogen-bond acceptors (Lipinski definition) is 6. The predicted octanol–water partition coefficient (Wildman–Crippen LogP) is 1.54. The maximum Gasteiger partial charge on any atom is 0.194 e. The van der Waals surface area contributed by atoms with E-state index in [0.29, 0.717) is 19.1 Å². The molecule has 1 aromatic heterocycles. The van der Waals surface area contributed by atoms with E-state index in [1.54, 1.807) is 7.11 Å². The first-order valence-electron chi connectivity index (χ1n) is 11.6. The summed E-state index contributed by atoms with van der Waals surface area (Å²) in [6, 6.07) is 6.28. The molecular weight excluding hydrogens is 392 g/mol. The molecule has 3 rings (SSSR count). The summed E-state index contributed by atoms with van der Waals surface area (Å²) in [7, 11) is 1.74. The highest BCUT2D eigenvalue weighted by atomic mass is 16.5. The summed E-state index contributed by atoms with van der Waals surface area (Å²) < 4.78 is 11.3. The Morgan fingerprint density at radius 1 is 1.23 bits per heavy atom. The number of nitrogens with zero attached hydrogens (tertiary/aromatic N) is 5. The van der Waals surface area contributed by atoms with Crippen LogP contribution in [0.1, 0.15) is 20.8 Å². The standard InChI is InChI=1S/C23H40N6O2/c1-19(2)16-27-13-14-31-21(17-27)15-25-23(26-20(3)18-30-4)29-11-9-28(10-12-29)22-7-5-6-8-24-22/h5-8,19-21H,9-18H2,1-4H3,(H,25,26).